The van der Waals surface area contributed by atoms with Gasteiger partial charge in [-0.1, -0.05) is 59.3 Å². The zero-order chi connectivity index (χ0) is 12.2. The third-order valence-corrected chi connectivity index (χ3v) is 6.12. The first-order valence-electron chi connectivity index (χ1n) is 6.00. The Morgan fingerprint density at radius 1 is 0.875 bits per heavy atom. The van der Waals surface area contributed by atoms with Crippen molar-refractivity contribution in [2.75, 3.05) is 0 Å². The third-order valence-electron chi connectivity index (χ3n) is 6.12. The summed E-state index contributed by atoms with van der Waals surface area (Å²) in [4.78, 5) is 0. The van der Waals surface area contributed by atoms with E-state index >= 15 is 0 Å². The number of allylic oxidation sites excluding steroid dienone is 2. The first kappa shape index (κ1) is 16.7. The molecule has 1 rings (SSSR count). The normalized spacial score (nSPS) is 26.4. The quantitative estimate of drug-likeness (QED) is 0.460. The molecule has 0 bridgehead atoms. The van der Waals surface area contributed by atoms with Gasteiger partial charge in [-0.25, -0.2) is 17.1 Å². The molecule has 0 aliphatic heterocycles. The van der Waals surface area contributed by atoms with Crippen molar-refractivity contribution in [3.8, 4) is 0 Å². The van der Waals surface area contributed by atoms with Gasteiger partial charge < -0.3 is 0 Å². The van der Waals surface area contributed by atoms with Crippen LogP contribution in [0.15, 0.2) is 11.1 Å². The fourth-order valence-electron chi connectivity index (χ4n) is 2.94. The zero-order valence-electron chi connectivity index (χ0n) is 12.5. The van der Waals surface area contributed by atoms with Crippen molar-refractivity contribution in [1.82, 2.24) is 0 Å². The van der Waals surface area contributed by atoms with E-state index < -0.39 is 0 Å². The molecule has 0 spiro atoms. The van der Waals surface area contributed by atoms with E-state index in [1.807, 2.05) is 0 Å². The topological polar surface area (TPSA) is 0 Å². The second-order valence-corrected chi connectivity index (χ2v) is 6.75. The third kappa shape index (κ3) is 1.83. The van der Waals surface area contributed by atoms with Gasteiger partial charge in [-0.2, -0.15) is 0 Å². The van der Waals surface area contributed by atoms with Crippen LogP contribution in [0.4, 0.5) is 0 Å². The maximum atomic E-state index is 2.41. The second-order valence-electron chi connectivity index (χ2n) is 6.75. The molecule has 0 saturated heterocycles. The molecule has 0 unspecified atom stereocenters. The minimum absolute atomic E-state index is 0. The molecule has 0 radical (unpaired) electrons. The minimum Gasteiger partial charge on any atom is -0.213 e. The van der Waals surface area contributed by atoms with Crippen LogP contribution in [0.5, 0.6) is 0 Å². The SMILES string of the molecule is CC1=C(C)C(C)(C)C(C)(C)C(C)(C)[C-]1C.[U]. The summed E-state index contributed by atoms with van der Waals surface area (Å²) in [7, 11) is 0. The van der Waals surface area contributed by atoms with E-state index in [1.165, 1.54) is 5.57 Å². The molecule has 0 N–H and O–H groups in total. The average molecular weight is 445 g/mol. The van der Waals surface area contributed by atoms with Crippen LogP contribution in [0.25, 0.3) is 0 Å². The monoisotopic (exact) mass is 445 g/mol. The van der Waals surface area contributed by atoms with Gasteiger partial charge in [0.2, 0.25) is 0 Å². The smallest absolute Gasteiger partial charge is 0 e. The Bertz CT molecular complexity index is 305. The second kappa shape index (κ2) is 4.40. The van der Waals surface area contributed by atoms with Crippen molar-refractivity contribution >= 4 is 0 Å². The molecule has 0 aromatic carbocycles. The van der Waals surface area contributed by atoms with E-state index in [9.17, 15) is 0 Å². The molecule has 1 aliphatic rings. The van der Waals surface area contributed by atoms with Crippen molar-refractivity contribution < 1.29 is 31.1 Å². The Morgan fingerprint density at radius 3 is 1.62 bits per heavy atom. The molecule has 1 aliphatic carbocycles. The van der Waals surface area contributed by atoms with Crippen LogP contribution in [0, 0.1) is 53.3 Å². The standard InChI is InChI=1S/C15H27.U/c1-10-11(2)13(4,5)15(8,9)14(6,7)12(10)3;/h1-9H3;/q-1;. The summed E-state index contributed by atoms with van der Waals surface area (Å²) in [6.07, 6.45) is 0. The number of hydrogen-bond donors (Lipinski definition) is 0. The van der Waals surface area contributed by atoms with Crippen LogP contribution in [0.2, 0.25) is 0 Å². The molecule has 92 valence electrons. The van der Waals surface area contributed by atoms with Gasteiger partial charge in [0.1, 0.15) is 0 Å². The molecule has 0 amide bonds. The van der Waals surface area contributed by atoms with E-state index in [4.69, 9.17) is 0 Å². The molecule has 0 nitrogen and oxygen atoms in total. The number of hydrogen-bond acceptors (Lipinski definition) is 0. The minimum atomic E-state index is 0. The van der Waals surface area contributed by atoms with Crippen molar-refractivity contribution in [3.63, 3.8) is 0 Å². The number of rotatable bonds is 0. The maximum absolute atomic E-state index is 2.41. The van der Waals surface area contributed by atoms with Crippen molar-refractivity contribution in [3.05, 3.63) is 17.1 Å². The summed E-state index contributed by atoms with van der Waals surface area (Å²) in [6, 6.07) is 0. The van der Waals surface area contributed by atoms with Gasteiger partial charge in [-0.3, -0.25) is 0 Å². The first-order valence-corrected chi connectivity index (χ1v) is 6.00. The van der Waals surface area contributed by atoms with Gasteiger partial charge in [0.15, 0.2) is 0 Å². The average Bonchev–Trinajstić information content (AvgIpc) is 2.12. The molecular weight excluding hydrogens is 418 g/mol. The van der Waals surface area contributed by atoms with Crippen molar-refractivity contribution in [1.29, 1.82) is 0 Å². The largest absolute Gasteiger partial charge is 0.213 e. The van der Waals surface area contributed by atoms with Crippen LogP contribution in [0.1, 0.15) is 62.3 Å². The van der Waals surface area contributed by atoms with E-state index in [1.54, 1.807) is 11.5 Å². The molecule has 16 heavy (non-hydrogen) atoms. The van der Waals surface area contributed by atoms with Crippen LogP contribution in [-0.2, 0) is 0 Å². The summed E-state index contributed by atoms with van der Waals surface area (Å²) in [5.41, 5.74) is 3.93. The van der Waals surface area contributed by atoms with E-state index in [0.29, 0.717) is 5.41 Å². The Hall–Kier alpha value is 0.662. The van der Waals surface area contributed by atoms with Crippen molar-refractivity contribution in [2.24, 2.45) is 16.2 Å². The summed E-state index contributed by atoms with van der Waals surface area (Å²) in [6.45, 7) is 21.3. The van der Waals surface area contributed by atoms with Gasteiger partial charge in [0, 0.05) is 31.1 Å². The molecule has 0 heterocycles. The van der Waals surface area contributed by atoms with Crippen LogP contribution in [0.3, 0.4) is 0 Å². The summed E-state index contributed by atoms with van der Waals surface area (Å²) in [5.74, 6) is 1.56. The first-order chi connectivity index (χ1) is 6.48. The van der Waals surface area contributed by atoms with E-state index in [-0.39, 0.29) is 41.9 Å². The summed E-state index contributed by atoms with van der Waals surface area (Å²) >= 11 is 0. The predicted molar refractivity (Wildman–Crippen MR) is 68.6 cm³/mol. The fourth-order valence-corrected chi connectivity index (χ4v) is 2.94. The van der Waals surface area contributed by atoms with Gasteiger partial charge in [-0.15, -0.1) is 13.8 Å². The van der Waals surface area contributed by atoms with E-state index in [0.717, 1.165) is 0 Å². The zero-order valence-corrected chi connectivity index (χ0v) is 16.7. The van der Waals surface area contributed by atoms with Crippen LogP contribution < -0.4 is 0 Å². The van der Waals surface area contributed by atoms with Gasteiger partial charge in [0.05, 0.1) is 0 Å². The van der Waals surface area contributed by atoms with Crippen LogP contribution >= 0.6 is 0 Å². The van der Waals surface area contributed by atoms with Crippen molar-refractivity contribution in [2.45, 2.75) is 62.3 Å². The molecular formula is C15H27U-. The molecule has 0 saturated carbocycles. The Kier molecular flexibility index (Phi) is 4.58. The maximum Gasteiger partial charge on any atom is 0 e. The van der Waals surface area contributed by atoms with Gasteiger partial charge in [0.25, 0.3) is 0 Å². The van der Waals surface area contributed by atoms with E-state index in [2.05, 4.69) is 62.3 Å². The molecule has 0 aromatic heterocycles. The van der Waals surface area contributed by atoms with Gasteiger partial charge >= 0.3 is 0 Å². The van der Waals surface area contributed by atoms with Gasteiger partial charge in [-0.05, 0) is 5.41 Å². The molecule has 0 fully saturated rings. The predicted octanol–water partition coefficient (Wildman–Crippen LogP) is 5.01. The fraction of sp³-hybridized carbons (Fsp3) is 0.800. The summed E-state index contributed by atoms with van der Waals surface area (Å²) < 4.78 is 0. The Labute approximate surface area is 126 Å². The molecule has 0 aromatic rings. The Morgan fingerprint density at radius 2 is 1.25 bits per heavy atom. The Balaban J connectivity index is 0.00000225. The summed E-state index contributed by atoms with van der Waals surface area (Å²) in [5, 5.41) is 0. The molecule has 0 atom stereocenters. The molecule has 1 heteroatoms. The van der Waals surface area contributed by atoms with Crippen LogP contribution in [-0.4, -0.2) is 0 Å².